The van der Waals surface area contributed by atoms with Gasteiger partial charge in [-0.1, -0.05) is 26.7 Å². The summed E-state index contributed by atoms with van der Waals surface area (Å²) in [5.74, 6) is 0.831. The van der Waals surface area contributed by atoms with Crippen LogP contribution in [0.5, 0.6) is 0 Å². The Kier molecular flexibility index (Phi) is 5.50. The van der Waals surface area contributed by atoms with E-state index in [1.165, 1.54) is 58.0 Å². The minimum absolute atomic E-state index is 0.715. The lowest BCUT2D eigenvalue weighted by atomic mass is 10.1. The molecule has 0 radical (unpaired) electrons. The van der Waals surface area contributed by atoms with Crippen molar-refractivity contribution < 1.29 is 0 Å². The Balaban J connectivity index is 1.80. The Morgan fingerprint density at radius 1 is 1.06 bits per heavy atom. The van der Waals surface area contributed by atoms with Crippen molar-refractivity contribution in [2.24, 2.45) is 5.92 Å². The maximum atomic E-state index is 3.71. The van der Waals surface area contributed by atoms with E-state index >= 15 is 0 Å². The van der Waals surface area contributed by atoms with Crippen molar-refractivity contribution in [3.05, 3.63) is 0 Å². The third-order valence-electron chi connectivity index (χ3n) is 4.60. The summed E-state index contributed by atoms with van der Waals surface area (Å²) in [6, 6.07) is 2.44. The van der Waals surface area contributed by atoms with Gasteiger partial charge in [-0.3, -0.25) is 4.90 Å². The highest BCUT2D eigenvalue weighted by Crippen LogP contribution is 2.26. The molecule has 18 heavy (non-hydrogen) atoms. The standard InChI is InChI=1S/C16H32N2/c1-13(2)10-11-18(16-6-4-5-7-16)14(3)12-17-15-8-9-15/h13-17H,4-12H2,1-3H3. The molecule has 2 fully saturated rings. The maximum Gasteiger partial charge on any atom is 0.0195 e. The highest BCUT2D eigenvalue weighted by Gasteiger charge is 2.28. The fourth-order valence-corrected chi connectivity index (χ4v) is 3.15. The SMILES string of the molecule is CC(C)CCN(C(C)CNC1CC1)C1CCCC1. The molecule has 0 spiro atoms. The molecule has 0 saturated heterocycles. The highest BCUT2D eigenvalue weighted by atomic mass is 15.2. The van der Waals surface area contributed by atoms with E-state index in [0.29, 0.717) is 6.04 Å². The molecule has 106 valence electrons. The molecular weight excluding hydrogens is 220 g/mol. The Morgan fingerprint density at radius 2 is 1.72 bits per heavy atom. The first-order chi connectivity index (χ1) is 8.66. The molecule has 1 atom stereocenters. The van der Waals surface area contributed by atoms with E-state index in [9.17, 15) is 0 Å². The zero-order chi connectivity index (χ0) is 13.0. The topological polar surface area (TPSA) is 15.3 Å². The van der Waals surface area contributed by atoms with Crippen LogP contribution in [0.4, 0.5) is 0 Å². The zero-order valence-corrected chi connectivity index (χ0v) is 12.6. The van der Waals surface area contributed by atoms with Crippen LogP contribution in [0, 0.1) is 5.92 Å². The van der Waals surface area contributed by atoms with E-state index in [1.54, 1.807) is 0 Å². The van der Waals surface area contributed by atoms with Crippen LogP contribution >= 0.6 is 0 Å². The Hall–Kier alpha value is -0.0800. The molecule has 0 aromatic heterocycles. The van der Waals surface area contributed by atoms with E-state index in [0.717, 1.165) is 18.0 Å². The summed E-state index contributed by atoms with van der Waals surface area (Å²) >= 11 is 0. The van der Waals surface area contributed by atoms with Gasteiger partial charge in [-0.15, -0.1) is 0 Å². The zero-order valence-electron chi connectivity index (χ0n) is 12.6. The monoisotopic (exact) mass is 252 g/mol. The molecule has 2 nitrogen and oxygen atoms in total. The first-order valence-electron chi connectivity index (χ1n) is 8.16. The van der Waals surface area contributed by atoms with Crippen LogP contribution in [0.15, 0.2) is 0 Å². The third kappa shape index (κ3) is 4.55. The van der Waals surface area contributed by atoms with Gasteiger partial charge in [0.1, 0.15) is 0 Å². The summed E-state index contributed by atoms with van der Waals surface area (Å²) in [6.45, 7) is 9.61. The molecular formula is C16H32N2. The number of rotatable bonds is 8. The van der Waals surface area contributed by atoms with Crippen molar-refractivity contribution in [2.75, 3.05) is 13.1 Å². The number of nitrogens with one attached hydrogen (secondary N) is 1. The van der Waals surface area contributed by atoms with Crippen LogP contribution in [0.2, 0.25) is 0 Å². The van der Waals surface area contributed by atoms with Crippen molar-refractivity contribution in [3.63, 3.8) is 0 Å². The van der Waals surface area contributed by atoms with E-state index in [4.69, 9.17) is 0 Å². The summed E-state index contributed by atoms with van der Waals surface area (Å²) in [4.78, 5) is 2.81. The van der Waals surface area contributed by atoms with Crippen LogP contribution < -0.4 is 5.32 Å². The lowest BCUT2D eigenvalue weighted by Gasteiger charge is -2.35. The largest absolute Gasteiger partial charge is 0.312 e. The molecule has 0 bridgehead atoms. The van der Waals surface area contributed by atoms with Crippen molar-refractivity contribution in [1.82, 2.24) is 10.2 Å². The summed E-state index contributed by atoms with van der Waals surface area (Å²) in [5, 5.41) is 3.71. The predicted octanol–water partition coefficient (Wildman–Crippen LogP) is 3.42. The molecule has 0 amide bonds. The van der Waals surface area contributed by atoms with Gasteiger partial charge in [-0.2, -0.15) is 0 Å². The molecule has 0 aromatic rings. The number of nitrogens with zero attached hydrogens (tertiary/aromatic N) is 1. The summed E-state index contributed by atoms with van der Waals surface area (Å²) < 4.78 is 0. The minimum atomic E-state index is 0.715. The van der Waals surface area contributed by atoms with Crippen LogP contribution in [-0.2, 0) is 0 Å². The number of hydrogen-bond acceptors (Lipinski definition) is 2. The predicted molar refractivity (Wildman–Crippen MR) is 78.9 cm³/mol. The molecule has 2 saturated carbocycles. The summed E-state index contributed by atoms with van der Waals surface area (Å²) in [6.07, 6.45) is 9.93. The third-order valence-corrected chi connectivity index (χ3v) is 4.60. The van der Waals surface area contributed by atoms with Crippen molar-refractivity contribution in [1.29, 1.82) is 0 Å². The quantitative estimate of drug-likeness (QED) is 0.712. The fourth-order valence-electron chi connectivity index (χ4n) is 3.15. The van der Waals surface area contributed by atoms with E-state index in [1.807, 2.05) is 0 Å². The molecule has 1 N–H and O–H groups in total. The second-order valence-corrected chi connectivity index (χ2v) is 6.89. The Bertz CT molecular complexity index is 229. The van der Waals surface area contributed by atoms with E-state index < -0.39 is 0 Å². The van der Waals surface area contributed by atoms with Gasteiger partial charge in [-0.25, -0.2) is 0 Å². The highest BCUT2D eigenvalue weighted by molar-refractivity contribution is 4.86. The molecule has 0 heterocycles. The lowest BCUT2D eigenvalue weighted by molar-refractivity contribution is 0.135. The Morgan fingerprint density at radius 3 is 2.28 bits per heavy atom. The van der Waals surface area contributed by atoms with Crippen LogP contribution in [0.25, 0.3) is 0 Å². The smallest absolute Gasteiger partial charge is 0.0195 e. The molecule has 1 unspecified atom stereocenters. The average Bonchev–Trinajstić information content (AvgIpc) is 3.01. The van der Waals surface area contributed by atoms with E-state index in [2.05, 4.69) is 31.0 Å². The average molecular weight is 252 g/mol. The second kappa shape index (κ2) is 6.91. The van der Waals surface area contributed by atoms with Crippen LogP contribution in [-0.4, -0.2) is 36.1 Å². The lowest BCUT2D eigenvalue weighted by Crippen LogP contribution is -2.46. The van der Waals surface area contributed by atoms with Crippen LogP contribution in [0.3, 0.4) is 0 Å². The van der Waals surface area contributed by atoms with Crippen LogP contribution in [0.1, 0.15) is 65.7 Å². The maximum absolute atomic E-state index is 3.71. The van der Waals surface area contributed by atoms with Gasteiger partial charge in [0.15, 0.2) is 0 Å². The van der Waals surface area contributed by atoms with Crippen molar-refractivity contribution >= 4 is 0 Å². The van der Waals surface area contributed by atoms with Crippen molar-refractivity contribution in [2.45, 2.75) is 83.8 Å². The second-order valence-electron chi connectivity index (χ2n) is 6.89. The first kappa shape index (κ1) is 14.3. The molecule has 2 aliphatic rings. The first-order valence-corrected chi connectivity index (χ1v) is 8.16. The summed E-state index contributed by atoms with van der Waals surface area (Å²) in [5.41, 5.74) is 0. The van der Waals surface area contributed by atoms with Gasteiger partial charge in [-0.05, 0) is 51.5 Å². The summed E-state index contributed by atoms with van der Waals surface area (Å²) in [7, 11) is 0. The van der Waals surface area contributed by atoms with E-state index in [-0.39, 0.29) is 0 Å². The Labute approximate surface area is 114 Å². The molecule has 2 heteroatoms. The number of hydrogen-bond donors (Lipinski definition) is 1. The normalized spacial score (nSPS) is 23.2. The van der Waals surface area contributed by atoms with Gasteiger partial charge in [0.25, 0.3) is 0 Å². The molecule has 0 aromatic carbocycles. The van der Waals surface area contributed by atoms with Gasteiger partial charge in [0.05, 0.1) is 0 Å². The minimum Gasteiger partial charge on any atom is -0.312 e. The molecule has 0 aliphatic heterocycles. The van der Waals surface area contributed by atoms with Crippen molar-refractivity contribution in [3.8, 4) is 0 Å². The van der Waals surface area contributed by atoms with Gasteiger partial charge >= 0.3 is 0 Å². The molecule has 2 rings (SSSR count). The van der Waals surface area contributed by atoms with Gasteiger partial charge in [0, 0.05) is 24.7 Å². The van der Waals surface area contributed by atoms with Gasteiger partial charge < -0.3 is 5.32 Å². The van der Waals surface area contributed by atoms with Gasteiger partial charge in [0.2, 0.25) is 0 Å². The molecule has 2 aliphatic carbocycles. The fraction of sp³-hybridized carbons (Fsp3) is 1.00.